The first kappa shape index (κ1) is 37.6. The number of nitrogens with zero attached hydrogens (tertiary/aromatic N) is 2. The Kier molecular flexibility index (Phi) is 13.3. The summed E-state index contributed by atoms with van der Waals surface area (Å²) in [5, 5.41) is 18.1. The number of likely N-dealkylation sites (N-methyl/N-ethyl adjacent to an activating group) is 1. The molecule has 0 radical (unpaired) electrons. The number of aliphatic hydroxyl groups is 1. The van der Waals surface area contributed by atoms with Gasteiger partial charge in [-0.25, -0.2) is 4.79 Å². The van der Waals surface area contributed by atoms with Crippen LogP contribution >= 0.6 is 0 Å². The maximum Gasteiger partial charge on any atom is 0.323 e. The van der Waals surface area contributed by atoms with Crippen LogP contribution in [0.1, 0.15) is 56.0 Å². The Morgan fingerprint density at radius 3 is 2.55 bits per heavy atom. The fourth-order valence-electron chi connectivity index (χ4n) is 6.50. The number of carbonyl (C=O) groups excluding carboxylic acids is 2. The average molecular weight is 697 g/mol. The summed E-state index contributed by atoms with van der Waals surface area (Å²) in [6.07, 6.45) is 2.28. The summed E-state index contributed by atoms with van der Waals surface area (Å²) in [6.45, 7) is 8.08. The molecule has 10 nitrogen and oxygen atoms in total. The number of methoxy groups -OCH3 is 1. The number of anilines is 2. The van der Waals surface area contributed by atoms with Crippen molar-refractivity contribution in [2.75, 3.05) is 51.1 Å². The standard InChI is InChI=1S/C41H52N4O6/c1-28-24-45(29(2)27-46)40(47)36-23-33(42-41(48)43-37-15-10-13-32-12-6-7-14-35(32)37)18-21-38(36)51-30(3)11-8-9-22-50-39(28)26-44(4)25-31-16-19-34(49-5)20-17-31/h6-7,10,12-21,23,28-30,39,46H,8-9,11,22,24-27H2,1-5H3,(H2,42,43,48)/t28-,29+,30+,39+/m0/s1. The molecule has 1 aliphatic heterocycles. The Labute approximate surface area is 301 Å². The second-order valence-corrected chi connectivity index (χ2v) is 13.7. The van der Waals surface area contributed by atoms with Crippen molar-refractivity contribution in [3.8, 4) is 11.5 Å². The molecule has 0 aromatic heterocycles. The van der Waals surface area contributed by atoms with Crippen LogP contribution in [0.25, 0.3) is 10.8 Å². The van der Waals surface area contributed by atoms with E-state index < -0.39 is 12.1 Å². The predicted octanol–water partition coefficient (Wildman–Crippen LogP) is 7.42. The van der Waals surface area contributed by atoms with Gasteiger partial charge in [0.15, 0.2) is 0 Å². The zero-order valence-corrected chi connectivity index (χ0v) is 30.4. The number of hydrogen-bond acceptors (Lipinski definition) is 7. The minimum Gasteiger partial charge on any atom is -0.497 e. The molecular formula is C41H52N4O6. The SMILES string of the molecule is COc1ccc(CN(C)C[C@H]2OCCCC[C@@H](C)Oc3ccc(NC(=O)Nc4cccc5ccccc45)cc3C(=O)N([C@H](C)CO)C[C@@H]2C)cc1. The maximum atomic E-state index is 14.5. The fraction of sp³-hybridized carbons (Fsp3) is 0.415. The van der Waals surface area contributed by atoms with Crippen molar-refractivity contribution in [2.45, 2.75) is 64.8 Å². The summed E-state index contributed by atoms with van der Waals surface area (Å²) in [7, 11) is 3.74. The quantitative estimate of drug-likeness (QED) is 0.167. The van der Waals surface area contributed by atoms with Gasteiger partial charge in [0.05, 0.1) is 43.2 Å². The third-order valence-corrected chi connectivity index (χ3v) is 9.45. The second kappa shape index (κ2) is 18.0. The van der Waals surface area contributed by atoms with Gasteiger partial charge in [0.1, 0.15) is 11.5 Å². The van der Waals surface area contributed by atoms with E-state index in [4.69, 9.17) is 14.2 Å². The van der Waals surface area contributed by atoms with Gasteiger partial charge in [-0.2, -0.15) is 0 Å². The monoisotopic (exact) mass is 696 g/mol. The summed E-state index contributed by atoms with van der Waals surface area (Å²) in [6, 6.07) is 25.9. The van der Waals surface area contributed by atoms with Crippen molar-refractivity contribution in [1.82, 2.24) is 9.80 Å². The molecule has 3 N–H and O–H groups in total. The number of carbonyl (C=O) groups is 2. The number of fused-ring (bicyclic) bond motifs is 2. The highest BCUT2D eigenvalue weighted by atomic mass is 16.5. The lowest BCUT2D eigenvalue weighted by atomic mass is 10.0. The van der Waals surface area contributed by atoms with E-state index in [1.807, 2.05) is 68.4 Å². The predicted molar refractivity (Wildman–Crippen MR) is 203 cm³/mol. The zero-order valence-electron chi connectivity index (χ0n) is 30.4. The van der Waals surface area contributed by atoms with Gasteiger partial charge < -0.3 is 34.9 Å². The van der Waals surface area contributed by atoms with Gasteiger partial charge >= 0.3 is 6.03 Å². The Bertz CT molecular complexity index is 1740. The lowest BCUT2D eigenvalue weighted by Crippen LogP contribution is -2.47. The van der Waals surface area contributed by atoms with Gasteiger partial charge in [0, 0.05) is 43.2 Å². The van der Waals surface area contributed by atoms with Crippen LogP contribution in [0.5, 0.6) is 11.5 Å². The Hall–Kier alpha value is -4.64. The van der Waals surface area contributed by atoms with Crippen molar-refractivity contribution in [2.24, 2.45) is 5.92 Å². The summed E-state index contributed by atoms with van der Waals surface area (Å²) >= 11 is 0. The number of benzene rings is 4. The Morgan fingerprint density at radius 1 is 1.02 bits per heavy atom. The van der Waals surface area contributed by atoms with Crippen LogP contribution in [0.3, 0.4) is 0 Å². The molecule has 1 heterocycles. The lowest BCUT2D eigenvalue weighted by Gasteiger charge is -2.36. The van der Waals surface area contributed by atoms with Gasteiger partial charge in [-0.3, -0.25) is 9.69 Å². The minimum atomic E-state index is -0.470. The second-order valence-electron chi connectivity index (χ2n) is 13.7. The number of urea groups is 1. The molecule has 4 atom stereocenters. The fourth-order valence-corrected chi connectivity index (χ4v) is 6.50. The number of rotatable bonds is 9. The third kappa shape index (κ3) is 10.2. The van der Waals surface area contributed by atoms with E-state index in [0.717, 1.165) is 42.3 Å². The van der Waals surface area contributed by atoms with Crippen LogP contribution in [0.15, 0.2) is 84.9 Å². The molecule has 0 fully saturated rings. The Morgan fingerprint density at radius 2 is 1.78 bits per heavy atom. The number of hydrogen-bond donors (Lipinski definition) is 3. The molecule has 10 heteroatoms. The first-order valence-corrected chi connectivity index (χ1v) is 17.9. The molecule has 0 spiro atoms. The number of aliphatic hydroxyl groups excluding tert-OH is 1. The third-order valence-electron chi connectivity index (χ3n) is 9.45. The number of amides is 3. The Balaban J connectivity index is 1.37. The molecule has 51 heavy (non-hydrogen) atoms. The van der Waals surface area contributed by atoms with E-state index >= 15 is 0 Å². The molecule has 272 valence electrons. The van der Waals surface area contributed by atoms with E-state index in [2.05, 4.69) is 41.6 Å². The van der Waals surface area contributed by atoms with Crippen molar-refractivity contribution in [3.05, 3.63) is 96.1 Å². The van der Waals surface area contributed by atoms with Gasteiger partial charge in [-0.1, -0.05) is 55.5 Å². The van der Waals surface area contributed by atoms with Crippen molar-refractivity contribution in [3.63, 3.8) is 0 Å². The molecule has 1 aliphatic rings. The van der Waals surface area contributed by atoms with Gasteiger partial charge in [0.2, 0.25) is 0 Å². The van der Waals surface area contributed by atoms with Gasteiger partial charge in [-0.15, -0.1) is 0 Å². The van der Waals surface area contributed by atoms with Crippen LogP contribution < -0.4 is 20.1 Å². The highest BCUT2D eigenvalue weighted by Gasteiger charge is 2.30. The van der Waals surface area contributed by atoms with Crippen molar-refractivity contribution >= 4 is 34.1 Å². The molecule has 0 saturated carbocycles. The number of nitrogens with one attached hydrogen (secondary N) is 2. The molecule has 0 bridgehead atoms. The highest BCUT2D eigenvalue weighted by molar-refractivity contribution is 6.07. The average Bonchev–Trinajstić information content (AvgIpc) is 3.13. The van der Waals surface area contributed by atoms with Crippen LogP contribution in [-0.4, -0.2) is 85.6 Å². The van der Waals surface area contributed by atoms with Crippen LogP contribution in [0.2, 0.25) is 0 Å². The van der Waals surface area contributed by atoms with Crippen molar-refractivity contribution < 1.29 is 28.9 Å². The van der Waals surface area contributed by atoms with Crippen LogP contribution in [-0.2, 0) is 11.3 Å². The largest absolute Gasteiger partial charge is 0.497 e. The summed E-state index contributed by atoms with van der Waals surface area (Å²) in [5.74, 6) is 0.923. The van der Waals surface area contributed by atoms with E-state index in [0.29, 0.717) is 42.4 Å². The molecule has 3 amide bonds. The first-order valence-electron chi connectivity index (χ1n) is 17.9. The normalized spacial score (nSPS) is 19.5. The highest BCUT2D eigenvalue weighted by Crippen LogP contribution is 2.29. The molecular weight excluding hydrogens is 644 g/mol. The minimum absolute atomic E-state index is 0.0553. The molecule has 0 aliphatic carbocycles. The van der Waals surface area contributed by atoms with Crippen LogP contribution in [0.4, 0.5) is 16.2 Å². The van der Waals surface area contributed by atoms with E-state index in [9.17, 15) is 14.7 Å². The van der Waals surface area contributed by atoms with Crippen molar-refractivity contribution in [1.29, 1.82) is 0 Å². The molecule has 4 aromatic rings. The smallest absolute Gasteiger partial charge is 0.323 e. The van der Waals surface area contributed by atoms with E-state index in [-0.39, 0.29) is 30.6 Å². The number of ether oxygens (including phenoxy) is 3. The van der Waals surface area contributed by atoms with Crippen LogP contribution in [0, 0.1) is 5.92 Å². The lowest BCUT2D eigenvalue weighted by molar-refractivity contribution is -0.0177. The summed E-state index contributed by atoms with van der Waals surface area (Å²) in [4.78, 5) is 31.7. The topological polar surface area (TPSA) is 113 Å². The zero-order chi connectivity index (χ0) is 36.3. The molecule has 0 saturated heterocycles. The molecule has 5 rings (SSSR count). The van der Waals surface area contributed by atoms with Gasteiger partial charge in [0.25, 0.3) is 5.91 Å². The molecule has 0 unspecified atom stereocenters. The molecule has 4 aromatic carbocycles. The first-order chi connectivity index (χ1) is 24.6. The maximum absolute atomic E-state index is 14.5. The summed E-state index contributed by atoms with van der Waals surface area (Å²) in [5.41, 5.74) is 2.62. The summed E-state index contributed by atoms with van der Waals surface area (Å²) < 4.78 is 18.2. The van der Waals surface area contributed by atoms with Gasteiger partial charge in [-0.05, 0) is 87.5 Å². The van der Waals surface area contributed by atoms with E-state index in [1.165, 1.54) is 5.56 Å². The van der Waals surface area contributed by atoms with E-state index in [1.54, 1.807) is 30.2 Å².